The Labute approximate surface area is 330 Å². The highest BCUT2D eigenvalue weighted by Gasteiger charge is 2.46. The van der Waals surface area contributed by atoms with Gasteiger partial charge in [0.2, 0.25) is 11.8 Å². The van der Waals surface area contributed by atoms with Crippen LogP contribution in [0.2, 0.25) is 5.02 Å². The summed E-state index contributed by atoms with van der Waals surface area (Å²) in [5, 5.41) is 21.3. The zero-order valence-electron chi connectivity index (χ0n) is 31.5. The summed E-state index contributed by atoms with van der Waals surface area (Å²) in [6.45, 7) is 11.5. The van der Waals surface area contributed by atoms with Crippen LogP contribution < -0.4 is 20.0 Å². The summed E-state index contributed by atoms with van der Waals surface area (Å²) in [5.74, 6) is -1.01. The van der Waals surface area contributed by atoms with Crippen molar-refractivity contribution in [2.75, 3.05) is 73.6 Å². The van der Waals surface area contributed by atoms with E-state index in [4.69, 9.17) is 11.6 Å². The molecule has 3 aromatic rings. The number of nitrogens with one attached hydrogen (secondary N) is 1. The summed E-state index contributed by atoms with van der Waals surface area (Å²) in [6, 6.07) is 17.4. The second-order valence-corrected chi connectivity index (χ2v) is 16.8. The summed E-state index contributed by atoms with van der Waals surface area (Å²) < 4.78 is 0. The molecule has 1 unspecified atom stereocenters. The maximum Gasteiger partial charge on any atom is 0.262 e. The number of rotatable bonds is 7. The van der Waals surface area contributed by atoms with Crippen LogP contribution in [0, 0.1) is 16.7 Å². The molecule has 56 heavy (non-hydrogen) atoms. The van der Waals surface area contributed by atoms with Gasteiger partial charge >= 0.3 is 0 Å². The number of aromatic nitrogens is 2. The van der Waals surface area contributed by atoms with Gasteiger partial charge in [-0.25, -0.2) is 0 Å². The van der Waals surface area contributed by atoms with Gasteiger partial charge < -0.3 is 14.7 Å². The molecule has 15 heteroatoms. The number of hydrogen-bond acceptors (Lipinski definition) is 12. The molecule has 5 saturated heterocycles. The lowest BCUT2D eigenvalue weighted by molar-refractivity contribution is -0.136. The van der Waals surface area contributed by atoms with E-state index in [9.17, 15) is 24.4 Å². The molecule has 9 rings (SSSR count). The number of piperidine rings is 2. The summed E-state index contributed by atoms with van der Waals surface area (Å²) in [6.07, 6.45) is 3.59. The Morgan fingerprint density at radius 2 is 1.62 bits per heavy atom. The molecule has 5 fully saturated rings. The first-order valence-electron chi connectivity index (χ1n) is 19.7. The highest BCUT2D eigenvalue weighted by Crippen LogP contribution is 2.46. The molecular formula is C41H45ClN10O4. The average molecular weight is 777 g/mol. The average Bonchev–Trinajstić information content (AvgIpc) is 3.63. The molecule has 2 atom stereocenters. The van der Waals surface area contributed by atoms with Gasteiger partial charge in [-0.3, -0.25) is 39.2 Å². The first-order chi connectivity index (χ1) is 27.1. The largest absolute Gasteiger partial charge is 0.368 e. The molecule has 1 aromatic heterocycles. The molecule has 2 aromatic carbocycles. The maximum atomic E-state index is 13.3. The van der Waals surface area contributed by atoms with E-state index in [2.05, 4.69) is 65.1 Å². The molecule has 1 spiro atoms. The quantitative estimate of drug-likeness (QED) is 0.351. The number of nitriles is 1. The van der Waals surface area contributed by atoms with Crippen LogP contribution in [0.3, 0.4) is 0 Å². The number of benzene rings is 2. The van der Waals surface area contributed by atoms with Crippen LogP contribution in [0.5, 0.6) is 0 Å². The fourth-order valence-electron chi connectivity index (χ4n) is 9.68. The highest BCUT2D eigenvalue weighted by molar-refractivity contribution is 6.32. The number of halogens is 1. The van der Waals surface area contributed by atoms with E-state index in [1.165, 1.54) is 0 Å². The Kier molecular flexibility index (Phi) is 9.42. The third-order valence-corrected chi connectivity index (χ3v) is 13.3. The van der Waals surface area contributed by atoms with E-state index >= 15 is 0 Å². The molecule has 6 aliphatic rings. The van der Waals surface area contributed by atoms with E-state index in [-0.39, 0.29) is 24.2 Å². The van der Waals surface area contributed by atoms with Crippen LogP contribution in [0.25, 0.3) is 0 Å². The molecule has 0 bridgehead atoms. The first kappa shape index (κ1) is 36.5. The minimum absolute atomic E-state index is 0.0981. The number of amides is 4. The van der Waals surface area contributed by atoms with Gasteiger partial charge in [-0.2, -0.15) is 10.4 Å². The first-order valence-corrected chi connectivity index (χ1v) is 20.1. The van der Waals surface area contributed by atoms with Crippen molar-refractivity contribution in [2.45, 2.75) is 63.7 Å². The van der Waals surface area contributed by atoms with E-state index in [1.807, 2.05) is 24.3 Å². The van der Waals surface area contributed by atoms with E-state index in [0.29, 0.717) is 33.8 Å². The molecule has 6 aliphatic heterocycles. The predicted octanol–water partition coefficient (Wildman–Crippen LogP) is 3.29. The number of hydrogen-bond donors (Lipinski definition) is 1. The van der Waals surface area contributed by atoms with Gasteiger partial charge in [0.15, 0.2) is 5.82 Å². The van der Waals surface area contributed by atoms with Gasteiger partial charge in [-0.05, 0) is 86.6 Å². The fourth-order valence-corrected chi connectivity index (χ4v) is 9.90. The zero-order chi connectivity index (χ0) is 38.7. The molecule has 0 saturated carbocycles. The molecule has 1 N–H and O–H groups in total. The van der Waals surface area contributed by atoms with Crippen molar-refractivity contribution in [3.8, 4) is 6.07 Å². The van der Waals surface area contributed by atoms with Crippen molar-refractivity contribution in [1.82, 2.24) is 30.2 Å². The fraction of sp³-hybridized carbons (Fsp3) is 0.488. The van der Waals surface area contributed by atoms with Crippen LogP contribution in [0.4, 0.5) is 17.2 Å². The smallest absolute Gasteiger partial charge is 0.262 e. The maximum absolute atomic E-state index is 13.3. The van der Waals surface area contributed by atoms with Gasteiger partial charge in [0.05, 0.1) is 27.4 Å². The summed E-state index contributed by atoms with van der Waals surface area (Å²) in [4.78, 5) is 63.4. The number of piperazine rings is 1. The van der Waals surface area contributed by atoms with Crippen molar-refractivity contribution >= 4 is 52.4 Å². The lowest BCUT2D eigenvalue weighted by Crippen LogP contribution is -2.63. The van der Waals surface area contributed by atoms with Crippen LogP contribution in [-0.4, -0.2) is 126 Å². The van der Waals surface area contributed by atoms with Crippen LogP contribution in [0.15, 0.2) is 48.5 Å². The van der Waals surface area contributed by atoms with Gasteiger partial charge in [0.25, 0.3) is 11.8 Å². The van der Waals surface area contributed by atoms with Crippen LogP contribution in [-0.2, 0) is 16.1 Å². The SMILES string of the molecule is C[C@H]1CC2(CCN(c3ccc(CN4CCN(C5CN(c6ccc7c(c6)C(=O)N(C6CCC(=O)NC6=O)C7=O)C5)CC4)nn3)CC2)CN1c1ccc(C#N)c(Cl)c1. The molecule has 7 heterocycles. The summed E-state index contributed by atoms with van der Waals surface area (Å²) in [7, 11) is 0. The molecule has 0 radical (unpaired) electrons. The number of carbonyl (C=O) groups is 4. The highest BCUT2D eigenvalue weighted by atomic mass is 35.5. The second kappa shape index (κ2) is 14.4. The zero-order valence-corrected chi connectivity index (χ0v) is 32.2. The lowest BCUT2D eigenvalue weighted by atomic mass is 9.77. The van der Waals surface area contributed by atoms with Crippen molar-refractivity contribution < 1.29 is 19.2 Å². The van der Waals surface area contributed by atoms with Gasteiger partial charge in [0, 0.05) is 95.3 Å². The minimum atomic E-state index is -0.964. The van der Waals surface area contributed by atoms with E-state index in [0.717, 1.165) is 112 Å². The van der Waals surface area contributed by atoms with Crippen molar-refractivity contribution in [3.63, 3.8) is 0 Å². The monoisotopic (exact) mass is 776 g/mol. The lowest BCUT2D eigenvalue weighted by Gasteiger charge is -2.49. The molecular weight excluding hydrogens is 732 g/mol. The van der Waals surface area contributed by atoms with Crippen molar-refractivity contribution in [1.29, 1.82) is 5.26 Å². The number of imide groups is 2. The van der Waals surface area contributed by atoms with Crippen molar-refractivity contribution in [2.24, 2.45) is 5.41 Å². The van der Waals surface area contributed by atoms with Gasteiger partial charge in [0.1, 0.15) is 12.1 Å². The normalized spacial score (nSPS) is 24.4. The Bertz CT molecular complexity index is 2120. The van der Waals surface area contributed by atoms with Gasteiger partial charge in [-0.15, -0.1) is 5.10 Å². The Hall–Kier alpha value is -5.10. The molecule has 290 valence electrons. The predicted molar refractivity (Wildman–Crippen MR) is 209 cm³/mol. The minimum Gasteiger partial charge on any atom is -0.368 e. The molecule has 14 nitrogen and oxygen atoms in total. The second-order valence-electron chi connectivity index (χ2n) is 16.4. The summed E-state index contributed by atoms with van der Waals surface area (Å²) >= 11 is 6.37. The van der Waals surface area contributed by atoms with E-state index in [1.54, 1.807) is 12.1 Å². The Morgan fingerprint density at radius 3 is 2.32 bits per heavy atom. The van der Waals surface area contributed by atoms with Gasteiger partial charge in [-0.1, -0.05) is 11.6 Å². The summed E-state index contributed by atoms with van der Waals surface area (Å²) in [5.41, 5.74) is 4.35. The third kappa shape index (κ3) is 6.65. The number of fused-ring (bicyclic) bond motifs is 1. The molecule has 0 aliphatic carbocycles. The Balaban J connectivity index is 0.725. The molecule has 4 amide bonds. The van der Waals surface area contributed by atoms with Crippen LogP contribution >= 0.6 is 11.6 Å². The number of carbonyl (C=O) groups excluding carboxylic acids is 4. The van der Waals surface area contributed by atoms with Crippen molar-refractivity contribution in [3.05, 3.63) is 75.9 Å². The number of anilines is 3. The topological polar surface area (TPSA) is 149 Å². The Morgan fingerprint density at radius 1 is 0.875 bits per heavy atom. The van der Waals surface area contributed by atoms with E-state index < -0.39 is 23.8 Å². The number of nitrogens with zero attached hydrogens (tertiary/aromatic N) is 9. The standard InChI is InChI=1S/C41H45ClN10O4/c1-26-20-41(25-51(26)30-4-2-27(21-43)34(42)19-30)10-12-49(13-11-41)36-8-3-28(45-46-36)22-47-14-16-48(17-15-47)31-23-50(24-31)29-5-6-32-33(18-29)40(56)52(39(32)55)35-7-9-37(53)44-38(35)54/h2-6,8,18-19,26,31,35H,7,9-17,20,22-25H2,1H3,(H,44,53,54)/t26-,35?/m0/s1. The third-order valence-electron chi connectivity index (χ3n) is 13.0. The van der Waals surface area contributed by atoms with Crippen LogP contribution in [0.1, 0.15) is 71.0 Å².